The molecule has 3 aromatic rings. The molecule has 156 valence electrons. The second-order valence-corrected chi connectivity index (χ2v) is 8.87. The monoisotopic (exact) mass is 444 g/mol. The van der Waals surface area contributed by atoms with Gasteiger partial charge in [-0.15, -0.1) is 0 Å². The molecule has 0 fully saturated rings. The number of carbonyl (C=O) groups is 1. The average molecular weight is 445 g/mol. The largest absolute Gasteiger partial charge is 0.482 e. The Labute approximate surface area is 180 Å². The van der Waals surface area contributed by atoms with Gasteiger partial charge in [0.15, 0.2) is 6.61 Å². The van der Waals surface area contributed by atoms with Gasteiger partial charge in [-0.2, -0.15) is 0 Å². The van der Waals surface area contributed by atoms with Crippen molar-refractivity contribution >= 4 is 38.9 Å². The van der Waals surface area contributed by atoms with Crippen molar-refractivity contribution in [1.29, 1.82) is 0 Å². The van der Waals surface area contributed by atoms with Crippen LogP contribution in [0.25, 0.3) is 0 Å². The summed E-state index contributed by atoms with van der Waals surface area (Å²) in [6.07, 6.45) is 0. The molecule has 0 aliphatic heterocycles. The molecule has 1 amide bonds. The van der Waals surface area contributed by atoms with Gasteiger partial charge in [-0.3, -0.25) is 9.52 Å². The number of aryl methyl sites for hydroxylation is 2. The van der Waals surface area contributed by atoms with Crippen LogP contribution in [0.5, 0.6) is 5.75 Å². The van der Waals surface area contributed by atoms with Crippen LogP contribution in [0.4, 0.5) is 11.4 Å². The quantitative estimate of drug-likeness (QED) is 0.549. The van der Waals surface area contributed by atoms with E-state index in [2.05, 4.69) is 10.0 Å². The first kappa shape index (κ1) is 21.7. The maximum absolute atomic E-state index is 12.5. The highest BCUT2D eigenvalue weighted by molar-refractivity contribution is 7.92. The van der Waals surface area contributed by atoms with E-state index in [4.69, 9.17) is 16.3 Å². The molecular weight excluding hydrogens is 424 g/mol. The van der Waals surface area contributed by atoms with Crippen LogP contribution < -0.4 is 14.8 Å². The minimum atomic E-state index is -3.80. The Kier molecular flexibility index (Phi) is 6.64. The van der Waals surface area contributed by atoms with Crippen molar-refractivity contribution in [3.63, 3.8) is 0 Å². The summed E-state index contributed by atoms with van der Waals surface area (Å²) in [5, 5.41) is 2.85. The van der Waals surface area contributed by atoms with Gasteiger partial charge in [0.05, 0.1) is 9.92 Å². The highest BCUT2D eigenvalue weighted by Crippen LogP contribution is 2.28. The summed E-state index contributed by atoms with van der Waals surface area (Å²) in [6, 6.07) is 18.3. The summed E-state index contributed by atoms with van der Waals surface area (Å²) in [5.74, 6) is -0.135. The normalized spacial score (nSPS) is 11.0. The van der Waals surface area contributed by atoms with Gasteiger partial charge >= 0.3 is 0 Å². The number of nitrogens with one attached hydrogen (secondary N) is 2. The molecule has 0 saturated carbocycles. The second-order valence-electron chi connectivity index (χ2n) is 6.78. The first-order chi connectivity index (χ1) is 14.2. The lowest BCUT2D eigenvalue weighted by Crippen LogP contribution is -2.20. The number of sulfonamides is 1. The lowest BCUT2D eigenvalue weighted by Gasteiger charge is -2.12. The molecular formula is C22H21ClN2O4S. The number of rotatable bonds is 7. The number of benzene rings is 3. The lowest BCUT2D eigenvalue weighted by atomic mass is 10.1. The number of halogens is 1. The molecule has 0 spiro atoms. The van der Waals surface area contributed by atoms with E-state index in [0.717, 1.165) is 11.1 Å². The Morgan fingerprint density at radius 1 is 0.933 bits per heavy atom. The summed E-state index contributed by atoms with van der Waals surface area (Å²) in [5.41, 5.74) is 3.20. The van der Waals surface area contributed by atoms with Gasteiger partial charge in [0.1, 0.15) is 5.75 Å². The number of para-hydroxylation sites is 1. The van der Waals surface area contributed by atoms with Crippen LogP contribution in [-0.2, 0) is 14.8 Å². The van der Waals surface area contributed by atoms with Gasteiger partial charge in [-0.1, -0.05) is 35.9 Å². The van der Waals surface area contributed by atoms with E-state index in [0.29, 0.717) is 11.4 Å². The fourth-order valence-corrected chi connectivity index (χ4v) is 4.26. The predicted octanol–water partition coefficient (Wildman–Crippen LogP) is 4.78. The first-order valence-corrected chi connectivity index (χ1v) is 11.0. The van der Waals surface area contributed by atoms with E-state index >= 15 is 0 Å². The van der Waals surface area contributed by atoms with E-state index in [1.165, 1.54) is 18.2 Å². The van der Waals surface area contributed by atoms with E-state index < -0.39 is 10.0 Å². The third-order valence-electron chi connectivity index (χ3n) is 4.10. The van der Waals surface area contributed by atoms with Crippen molar-refractivity contribution in [2.45, 2.75) is 18.7 Å². The summed E-state index contributed by atoms with van der Waals surface area (Å²) in [4.78, 5) is 12.2. The number of anilines is 2. The van der Waals surface area contributed by atoms with Gasteiger partial charge in [0, 0.05) is 11.4 Å². The fraction of sp³-hybridized carbons (Fsp3) is 0.136. The van der Waals surface area contributed by atoms with Crippen molar-refractivity contribution in [2.75, 3.05) is 16.6 Å². The Balaban J connectivity index is 1.64. The van der Waals surface area contributed by atoms with Crippen LogP contribution in [0.15, 0.2) is 71.6 Å². The minimum absolute atomic E-state index is 0.0107. The van der Waals surface area contributed by atoms with Crippen molar-refractivity contribution in [3.05, 3.63) is 82.9 Å². The van der Waals surface area contributed by atoms with Crippen LogP contribution in [-0.4, -0.2) is 20.9 Å². The zero-order valence-corrected chi connectivity index (χ0v) is 18.0. The standard InChI is InChI=1S/C22H21ClN2O4S/c1-15-10-16(2)12-18(11-15)24-22(26)14-29-21-9-8-19(13-20(21)23)30(27,28)25-17-6-4-3-5-7-17/h3-13,25H,14H2,1-2H3,(H,24,26). The molecule has 0 saturated heterocycles. The molecule has 0 radical (unpaired) electrons. The zero-order chi connectivity index (χ0) is 21.7. The minimum Gasteiger partial charge on any atom is -0.482 e. The summed E-state index contributed by atoms with van der Waals surface area (Å²) in [6.45, 7) is 3.63. The van der Waals surface area contributed by atoms with Crippen LogP contribution in [0.1, 0.15) is 11.1 Å². The third kappa shape index (κ3) is 5.75. The highest BCUT2D eigenvalue weighted by Gasteiger charge is 2.17. The average Bonchev–Trinajstić information content (AvgIpc) is 2.66. The zero-order valence-electron chi connectivity index (χ0n) is 16.5. The van der Waals surface area contributed by atoms with E-state index in [1.54, 1.807) is 30.3 Å². The summed E-state index contributed by atoms with van der Waals surface area (Å²) in [7, 11) is -3.80. The lowest BCUT2D eigenvalue weighted by molar-refractivity contribution is -0.118. The second kappa shape index (κ2) is 9.19. The Morgan fingerprint density at radius 2 is 1.60 bits per heavy atom. The number of amides is 1. The van der Waals surface area contributed by atoms with Crippen molar-refractivity contribution in [2.24, 2.45) is 0 Å². The smallest absolute Gasteiger partial charge is 0.262 e. The number of carbonyl (C=O) groups excluding carboxylic acids is 1. The number of hydrogen-bond donors (Lipinski definition) is 2. The van der Waals surface area contributed by atoms with E-state index in [1.807, 2.05) is 32.0 Å². The maximum Gasteiger partial charge on any atom is 0.262 e. The highest BCUT2D eigenvalue weighted by atomic mass is 35.5. The molecule has 0 aliphatic carbocycles. The van der Waals surface area contributed by atoms with Gasteiger partial charge in [-0.25, -0.2) is 8.42 Å². The van der Waals surface area contributed by atoms with Gasteiger partial charge in [0.2, 0.25) is 0 Å². The van der Waals surface area contributed by atoms with Gasteiger partial charge in [0.25, 0.3) is 15.9 Å². The van der Waals surface area contributed by atoms with Crippen molar-refractivity contribution in [1.82, 2.24) is 0 Å². The van der Waals surface area contributed by atoms with Gasteiger partial charge in [-0.05, 0) is 67.4 Å². The van der Waals surface area contributed by atoms with Crippen molar-refractivity contribution < 1.29 is 17.9 Å². The Morgan fingerprint density at radius 3 is 2.23 bits per heavy atom. The van der Waals surface area contributed by atoms with Crippen LogP contribution >= 0.6 is 11.6 Å². The molecule has 3 rings (SSSR count). The summed E-state index contributed by atoms with van der Waals surface area (Å²) < 4.78 is 33.0. The Hall–Kier alpha value is -3.03. The van der Waals surface area contributed by atoms with Crippen molar-refractivity contribution in [3.8, 4) is 5.75 Å². The number of ether oxygens (including phenoxy) is 1. The molecule has 0 heterocycles. The van der Waals surface area contributed by atoms with Crippen LogP contribution in [0.3, 0.4) is 0 Å². The maximum atomic E-state index is 12.5. The SMILES string of the molecule is Cc1cc(C)cc(NC(=O)COc2ccc(S(=O)(=O)Nc3ccccc3)cc2Cl)c1. The molecule has 8 heteroatoms. The Bertz CT molecular complexity index is 1140. The molecule has 3 aromatic carbocycles. The molecule has 30 heavy (non-hydrogen) atoms. The van der Waals surface area contributed by atoms with Crippen LogP contribution in [0.2, 0.25) is 5.02 Å². The van der Waals surface area contributed by atoms with Gasteiger partial charge < -0.3 is 10.1 Å². The van der Waals surface area contributed by atoms with Crippen LogP contribution in [0, 0.1) is 13.8 Å². The summed E-state index contributed by atoms with van der Waals surface area (Å²) >= 11 is 6.17. The first-order valence-electron chi connectivity index (χ1n) is 9.11. The molecule has 0 atom stereocenters. The molecule has 2 N–H and O–H groups in total. The molecule has 0 unspecified atom stereocenters. The molecule has 0 aromatic heterocycles. The molecule has 0 aliphatic rings. The topological polar surface area (TPSA) is 84.5 Å². The third-order valence-corrected chi connectivity index (χ3v) is 5.78. The number of hydrogen-bond acceptors (Lipinski definition) is 4. The fourth-order valence-electron chi connectivity index (χ4n) is 2.87. The molecule has 6 nitrogen and oxygen atoms in total. The predicted molar refractivity (Wildman–Crippen MR) is 119 cm³/mol. The van der Waals surface area contributed by atoms with E-state index in [-0.39, 0.29) is 28.2 Å². The molecule has 0 bridgehead atoms. The van der Waals surface area contributed by atoms with E-state index in [9.17, 15) is 13.2 Å².